The van der Waals surface area contributed by atoms with E-state index >= 15 is 0 Å². The Morgan fingerprint density at radius 1 is 1.03 bits per heavy atom. The molecule has 1 N–H and O–H groups in total. The predicted octanol–water partition coefficient (Wildman–Crippen LogP) is 4.89. The van der Waals surface area contributed by atoms with E-state index in [-0.39, 0.29) is 23.7 Å². The van der Waals surface area contributed by atoms with Crippen LogP contribution in [-0.2, 0) is 16.0 Å². The molecule has 0 radical (unpaired) electrons. The van der Waals surface area contributed by atoms with Crippen LogP contribution in [0.15, 0.2) is 54.6 Å². The van der Waals surface area contributed by atoms with Crippen molar-refractivity contribution < 1.29 is 14.3 Å². The third kappa shape index (κ3) is 6.73. The Kier molecular flexibility index (Phi) is 9.42. The van der Waals surface area contributed by atoms with Crippen LogP contribution in [0.3, 0.4) is 0 Å². The highest BCUT2D eigenvalue weighted by molar-refractivity contribution is 6.27. The molecule has 3 rings (SSSR count). The molecule has 1 atom stereocenters. The van der Waals surface area contributed by atoms with Crippen molar-refractivity contribution in [2.45, 2.75) is 57.0 Å². The Hall–Kier alpha value is -2.53. The van der Waals surface area contributed by atoms with Gasteiger partial charge >= 0.3 is 0 Å². The second-order valence-corrected chi connectivity index (χ2v) is 8.60. The largest absolute Gasteiger partial charge is 0.497 e. The van der Waals surface area contributed by atoms with Gasteiger partial charge in [-0.05, 0) is 42.5 Å². The van der Waals surface area contributed by atoms with Gasteiger partial charge < -0.3 is 15.0 Å². The zero-order valence-corrected chi connectivity index (χ0v) is 19.5. The highest BCUT2D eigenvalue weighted by Crippen LogP contribution is 2.26. The van der Waals surface area contributed by atoms with Gasteiger partial charge in [0.15, 0.2) is 0 Å². The highest BCUT2D eigenvalue weighted by atomic mass is 35.5. The summed E-state index contributed by atoms with van der Waals surface area (Å²) in [6.45, 7) is 0.407. The van der Waals surface area contributed by atoms with Crippen molar-refractivity contribution >= 4 is 23.4 Å². The second-order valence-electron chi connectivity index (χ2n) is 8.33. The summed E-state index contributed by atoms with van der Waals surface area (Å²) in [5.74, 6) is 0.141. The SMILES string of the molecule is COc1ccc(C(C(=O)NC2CCCCCC2)N(CCc2ccccc2)C(=O)CCl)cc1. The second kappa shape index (κ2) is 12.5. The Labute approximate surface area is 196 Å². The average Bonchev–Trinajstić information content (AvgIpc) is 3.10. The number of carbonyl (C=O) groups is 2. The van der Waals surface area contributed by atoms with E-state index in [1.54, 1.807) is 12.0 Å². The zero-order chi connectivity index (χ0) is 22.8. The monoisotopic (exact) mass is 456 g/mol. The minimum Gasteiger partial charge on any atom is -0.497 e. The van der Waals surface area contributed by atoms with E-state index in [9.17, 15) is 9.59 Å². The summed E-state index contributed by atoms with van der Waals surface area (Å²) in [5.41, 5.74) is 1.86. The molecule has 0 heterocycles. The molecule has 2 aromatic rings. The van der Waals surface area contributed by atoms with Crippen molar-refractivity contribution in [3.63, 3.8) is 0 Å². The van der Waals surface area contributed by atoms with Crippen molar-refractivity contribution in [1.29, 1.82) is 0 Å². The van der Waals surface area contributed by atoms with Gasteiger partial charge in [-0.15, -0.1) is 11.6 Å². The van der Waals surface area contributed by atoms with E-state index in [1.807, 2.05) is 54.6 Å². The number of amides is 2. The molecule has 5 nitrogen and oxygen atoms in total. The van der Waals surface area contributed by atoms with Gasteiger partial charge in [-0.1, -0.05) is 68.1 Å². The van der Waals surface area contributed by atoms with Crippen LogP contribution in [0.2, 0.25) is 0 Å². The van der Waals surface area contributed by atoms with Crippen LogP contribution in [0, 0.1) is 0 Å². The number of benzene rings is 2. The number of halogens is 1. The topological polar surface area (TPSA) is 58.6 Å². The van der Waals surface area contributed by atoms with Crippen LogP contribution < -0.4 is 10.1 Å². The maximum atomic E-state index is 13.6. The fourth-order valence-electron chi connectivity index (χ4n) is 4.33. The number of ether oxygens (including phenoxy) is 1. The van der Waals surface area contributed by atoms with Crippen molar-refractivity contribution in [3.05, 3.63) is 65.7 Å². The maximum Gasteiger partial charge on any atom is 0.247 e. The van der Waals surface area contributed by atoms with E-state index in [1.165, 1.54) is 12.8 Å². The lowest BCUT2D eigenvalue weighted by molar-refractivity contribution is -0.139. The molecule has 172 valence electrons. The molecule has 1 aliphatic carbocycles. The number of alkyl halides is 1. The number of rotatable bonds is 9. The number of hydrogen-bond donors (Lipinski definition) is 1. The van der Waals surface area contributed by atoms with Crippen LogP contribution in [0.4, 0.5) is 0 Å². The number of nitrogens with zero attached hydrogens (tertiary/aromatic N) is 1. The zero-order valence-electron chi connectivity index (χ0n) is 18.8. The molecular formula is C26H33ClN2O3. The summed E-state index contributed by atoms with van der Waals surface area (Å²) < 4.78 is 5.28. The van der Waals surface area contributed by atoms with E-state index in [0.29, 0.717) is 18.7 Å². The summed E-state index contributed by atoms with van der Waals surface area (Å²) in [5, 5.41) is 3.24. The predicted molar refractivity (Wildman–Crippen MR) is 128 cm³/mol. The van der Waals surface area contributed by atoms with Crippen molar-refractivity contribution in [2.24, 2.45) is 0 Å². The summed E-state index contributed by atoms with van der Waals surface area (Å²) in [6, 6.07) is 16.7. The third-order valence-electron chi connectivity index (χ3n) is 6.11. The fourth-order valence-corrected chi connectivity index (χ4v) is 4.49. The molecule has 0 aromatic heterocycles. The first kappa shape index (κ1) is 24.1. The van der Waals surface area contributed by atoms with Gasteiger partial charge in [0.25, 0.3) is 0 Å². The summed E-state index contributed by atoms with van der Waals surface area (Å²) in [6.07, 6.45) is 7.27. The van der Waals surface area contributed by atoms with Crippen molar-refractivity contribution in [3.8, 4) is 5.75 Å². The lowest BCUT2D eigenvalue weighted by atomic mass is 10.0. The molecule has 1 saturated carbocycles. The van der Waals surface area contributed by atoms with Crippen LogP contribution in [0.1, 0.15) is 55.7 Å². The summed E-state index contributed by atoms with van der Waals surface area (Å²) >= 11 is 5.98. The maximum absolute atomic E-state index is 13.6. The lowest BCUT2D eigenvalue weighted by Crippen LogP contribution is -2.47. The molecule has 2 aromatic carbocycles. The number of hydrogen-bond acceptors (Lipinski definition) is 3. The van der Waals surface area contributed by atoms with Crippen LogP contribution in [0.25, 0.3) is 0 Å². The molecule has 0 saturated heterocycles. The van der Waals surface area contributed by atoms with E-state index in [0.717, 1.165) is 36.8 Å². The molecule has 0 spiro atoms. The minimum absolute atomic E-state index is 0.145. The van der Waals surface area contributed by atoms with E-state index in [2.05, 4.69) is 5.32 Å². The quantitative estimate of drug-likeness (QED) is 0.432. The Morgan fingerprint density at radius 3 is 2.28 bits per heavy atom. The van der Waals surface area contributed by atoms with E-state index < -0.39 is 6.04 Å². The molecule has 0 bridgehead atoms. The lowest BCUT2D eigenvalue weighted by Gasteiger charge is -2.32. The molecular weight excluding hydrogens is 424 g/mol. The smallest absolute Gasteiger partial charge is 0.247 e. The van der Waals surface area contributed by atoms with Crippen molar-refractivity contribution in [1.82, 2.24) is 10.2 Å². The fraction of sp³-hybridized carbons (Fsp3) is 0.462. The first-order valence-corrected chi connectivity index (χ1v) is 12.0. The van der Waals surface area contributed by atoms with Crippen molar-refractivity contribution in [2.75, 3.05) is 19.5 Å². The number of carbonyl (C=O) groups excluding carboxylic acids is 2. The van der Waals surface area contributed by atoms with Gasteiger partial charge in [-0.25, -0.2) is 0 Å². The summed E-state index contributed by atoms with van der Waals surface area (Å²) in [4.78, 5) is 28.1. The van der Waals surface area contributed by atoms with E-state index in [4.69, 9.17) is 16.3 Å². The van der Waals surface area contributed by atoms with Crippen LogP contribution in [0.5, 0.6) is 5.75 Å². The minimum atomic E-state index is -0.737. The highest BCUT2D eigenvalue weighted by Gasteiger charge is 2.32. The van der Waals surface area contributed by atoms with Gasteiger partial charge in [0.1, 0.15) is 17.7 Å². The molecule has 0 aliphatic heterocycles. The first-order chi connectivity index (χ1) is 15.6. The van der Waals surface area contributed by atoms with Gasteiger partial charge in [-0.3, -0.25) is 9.59 Å². The molecule has 2 amide bonds. The first-order valence-electron chi connectivity index (χ1n) is 11.5. The third-order valence-corrected chi connectivity index (χ3v) is 6.34. The molecule has 6 heteroatoms. The van der Waals surface area contributed by atoms with Gasteiger partial charge in [0.2, 0.25) is 11.8 Å². The normalized spacial score (nSPS) is 15.4. The molecule has 1 aliphatic rings. The Bertz CT molecular complexity index is 849. The molecule has 32 heavy (non-hydrogen) atoms. The standard InChI is InChI=1S/C26H33ClN2O3/c1-32-23-15-13-21(14-16-23)25(26(31)28-22-11-7-2-3-8-12-22)29(24(30)19-27)18-17-20-9-5-4-6-10-20/h4-6,9-10,13-16,22,25H,2-3,7-8,11-12,17-19H2,1H3,(H,28,31). The van der Waals surface area contributed by atoms with Gasteiger partial charge in [0.05, 0.1) is 7.11 Å². The average molecular weight is 457 g/mol. The van der Waals surface area contributed by atoms with Gasteiger partial charge in [-0.2, -0.15) is 0 Å². The molecule has 1 unspecified atom stereocenters. The van der Waals surface area contributed by atoms with Crippen LogP contribution >= 0.6 is 11.6 Å². The van der Waals surface area contributed by atoms with Crippen LogP contribution in [-0.4, -0.2) is 42.3 Å². The Balaban J connectivity index is 1.87. The summed E-state index contributed by atoms with van der Waals surface area (Å²) in [7, 11) is 1.61. The Morgan fingerprint density at radius 2 is 1.69 bits per heavy atom. The van der Waals surface area contributed by atoms with Gasteiger partial charge in [0, 0.05) is 12.6 Å². The number of methoxy groups -OCH3 is 1. The number of nitrogens with one attached hydrogen (secondary N) is 1. The molecule has 1 fully saturated rings.